The third-order valence-electron chi connectivity index (χ3n) is 4.74. The van der Waals surface area contributed by atoms with Crippen LogP contribution in [0.5, 0.6) is 0 Å². The Morgan fingerprint density at radius 3 is 2.45 bits per heavy atom. The van der Waals surface area contributed by atoms with Gasteiger partial charge < -0.3 is 25.5 Å². The highest BCUT2D eigenvalue weighted by Crippen LogP contribution is 2.24. The van der Waals surface area contributed by atoms with E-state index in [9.17, 15) is 14.4 Å². The summed E-state index contributed by atoms with van der Waals surface area (Å²) in [7, 11) is 0. The molecule has 2 amide bonds. The SMILES string of the molecule is CC(C)Nc1cccnc1N1CCN(C(=O)c2ccc(C(=O)NCC(=O)O)cn2)CC1. The first kappa shape index (κ1) is 22.0. The Hall–Kier alpha value is -3.69. The number of rotatable bonds is 7. The molecule has 10 nitrogen and oxygen atoms in total. The van der Waals surface area contributed by atoms with E-state index in [1.54, 1.807) is 11.1 Å². The lowest BCUT2D eigenvalue weighted by Gasteiger charge is -2.36. The van der Waals surface area contributed by atoms with E-state index in [0.717, 1.165) is 11.5 Å². The van der Waals surface area contributed by atoms with Crippen molar-refractivity contribution >= 4 is 29.3 Å². The van der Waals surface area contributed by atoms with Gasteiger partial charge in [-0.1, -0.05) is 0 Å². The summed E-state index contributed by atoms with van der Waals surface area (Å²) in [5.74, 6) is -1.02. The molecule has 0 radical (unpaired) electrons. The molecule has 0 spiro atoms. The summed E-state index contributed by atoms with van der Waals surface area (Å²) in [6.45, 7) is 6.01. The largest absolute Gasteiger partial charge is 0.480 e. The molecule has 0 bridgehead atoms. The Balaban J connectivity index is 1.59. The minimum absolute atomic E-state index is 0.197. The van der Waals surface area contributed by atoms with E-state index in [0.29, 0.717) is 26.2 Å². The van der Waals surface area contributed by atoms with Crippen LogP contribution in [0.3, 0.4) is 0 Å². The van der Waals surface area contributed by atoms with E-state index in [2.05, 4.69) is 39.3 Å². The Morgan fingerprint density at radius 1 is 1.10 bits per heavy atom. The number of carboxylic acid groups (broad SMARTS) is 1. The first-order valence-corrected chi connectivity index (χ1v) is 10.1. The van der Waals surface area contributed by atoms with E-state index in [4.69, 9.17) is 5.11 Å². The number of nitrogens with one attached hydrogen (secondary N) is 2. The van der Waals surface area contributed by atoms with Crippen LogP contribution in [0.25, 0.3) is 0 Å². The number of nitrogens with zero attached hydrogens (tertiary/aromatic N) is 4. The predicted molar refractivity (Wildman–Crippen MR) is 115 cm³/mol. The zero-order chi connectivity index (χ0) is 22.4. The molecule has 1 aliphatic rings. The molecule has 0 unspecified atom stereocenters. The second-order valence-electron chi connectivity index (χ2n) is 7.46. The summed E-state index contributed by atoms with van der Waals surface area (Å²) in [5.41, 5.74) is 1.40. The lowest BCUT2D eigenvalue weighted by molar-refractivity contribution is -0.135. The van der Waals surface area contributed by atoms with Gasteiger partial charge in [0.15, 0.2) is 5.82 Å². The van der Waals surface area contributed by atoms with Crippen LogP contribution in [0.2, 0.25) is 0 Å². The minimum atomic E-state index is -1.13. The Bertz CT molecular complexity index is 939. The quantitative estimate of drug-likeness (QED) is 0.600. The predicted octanol–water partition coefficient (Wildman–Crippen LogP) is 1.07. The number of amides is 2. The van der Waals surface area contributed by atoms with E-state index in [1.807, 2.05) is 12.1 Å². The molecule has 164 valence electrons. The Labute approximate surface area is 180 Å². The first-order valence-electron chi connectivity index (χ1n) is 10.1. The normalized spacial score (nSPS) is 13.8. The fourth-order valence-corrected chi connectivity index (χ4v) is 3.27. The maximum Gasteiger partial charge on any atom is 0.322 e. The number of aromatic nitrogens is 2. The maximum absolute atomic E-state index is 12.8. The van der Waals surface area contributed by atoms with Gasteiger partial charge in [0.05, 0.1) is 11.3 Å². The summed E-state index contributed by atoms with van der Waals surface area (Å²) in [5, 5.41) is 14.3. The van der Waals surface area contributed by atoms with E-state index >= 15 is 0 Å². The van der Waals surface area contributed by atoms with Crippen molar-refractivity contribution < 1.29 is 19.5 Å². The van der Waals surface area contributed by atoms with Crippen molar-refractivity contribution in [1.82, 2.24) is 20.2 Å². The fraction of sp³-hybridized carbons (Fsp3) is 0.381. The van der Waals surface area contributed by atoms with Crippen LogP contribution < -0.4 is 15.5 Å². The number of hydrogen-bond donors (Lipinski definition) is 3. The maximum atomic E-state index is 12.8. The van der Waals surface area contributed by atoms with Crippen molar-refractivity contribution in [3.8, 4) is 0 Å². The highest BCUT2D eigenvalue weighted by molar-refractivity contribution is 5.97. The van der Waals surface area contributed by atoms with Crippen LogP contribution in [-0.2, 0) is 4.79 Å². The van der Waals surface area contributed by atoms with E-state index in [-0.39, 0.29) is 23.2 Å². The molecule has 0 atom stereocenters. The van der Waals surface area contributed by atoms with Gasteiger partial charge in [0.2, 0.25) is 0 Å². The standard InChI is InChI=1S/C21H26N6O4/c1-14(2)25-16-4-3-7-22-19(16)26-8-10-27(11-9-26)21(31)17-6-5-15(12-23-17)20(30)24-13-18(28)29/h3-7,12,14,25H,8-11,13H2,1-2H3,(H,24,30)(H,28,29). The third-order valence-corrected chi connectivity index (χ3v) is 4.74. The number of pyridine rings is 2. The van der Waals surface area contributed by atoms with Crippen LogP contribution in [0.4, 0.5) is 11.5 Å². The van der Waals surface area contributed by atoms with E-state index < -0.39 is 18.4 Å². The number of carbonyl (C=O) groups is 3. The molecular weight excluding hydrogens is 400 g/mol. The smallest absolute Gasteiger partial charge is 0.322 e. The molecule has 3 rings (SSSR count). The highest BCUT2D eigenvalue weighted by Gasteiger charge is 2.25. The zero-order valence-corrected chi connectivity index (χ0v) is 17.5. The second kappa shape index (κ2) is 9.88. The number of piperazine rings is 1. The van der Waals surface area contributed by atoms with Crippen LogP contribution in [0.15, 0.2) is 36.7 Å². The molecule has 31 heavy (non-hydrogen) atoms. The minimum Gasteiger partial charge on any atom is -0.480 e. The molecule has 3 N–H and O–H groups in total. The van der Waals surface area contributed by atoms with Gasteiger partial charge in [-0.05, 0) is 38.1 Å². The van der Waals surface area contributed by atoms with Gasteiger partial charge in [-0.2, -0.15) is 0 Å². The summed E-state index contributed by atoms with van der Waals surface area (Å²) >= 11 is 0. The Kier molecular flexibility index (Phi) is 7.01. The molecule has 10 heteroatoms. The summed E-state index contributed by atoms with van der Waals surface area (Å²) in [6.07, 6.45) is 3.04. The highest BCUT2D eigenvalue weighted by atomic mass is 16.4. The van der Waals surface area contributed by atoms with Crippen molar-refractivity contribution in [2.24, 2.45) is 0 Å². The number of carboxylic acids is 1. The summed E-state index contributed by atoms with van der Waals surface area (Å²) in [4.78, 5) is 47.7. The molecule has 1 saturated heterocycles. The molecule has 1 aliphatic heterocycles. The Morgan fingerprint density at radius 2 is 1.84 bits per heavy atom. The van der Waals surface area contributed by atoms with Gasteiger partial charge in [-0.3, -0.25) is 19.4 Å². The average Bonchev–Trinajstić information content (AvgIpc) is 2.77. The summed E-state index contributed by atoms with van der Waals surface area (Å²) < 4.78 is 0. The van der Waals surface area contributed by atoms with Crippen molar-refractivity contribution in [1.29, 1.82) is 0 Å². The molecule has 2 aromatic rings. The molecule has 2 aromatic heterocycles. The third kappa shape index (κ3) is 5.68. The number of anilines is 2. The monoisotopic (exact) mass is 426 g/mol. The van der Waals surface area contributed by atoms with Gasteiger partial charge in [0.25, 0.3) is 11.8 Å². The fourth-order valence-electron chi connectivity index (χ4n) is 3.27. The summed E-state index contributed by atoms with van der Waals surface area (Å²) in [6, 6.07) is 7.12. The molecule has 1 fully saturated rings. The van der Waals surface area contributed by atoms with Gasteiger partial charge in [-0.15, -0.1) is 0 Å². The van der Waals surface area contributed by atoms with Crippen LogP contribution in [0.1, 0.15) is 34.7 Å². The molecule has 0 aliphatic carbocycles. The lowest BCUT2D eigenvalue weighted by Crippen LogP contribution is -2.49. The molecule has 3 heterocycles. The molecule has 0 aromatic carbocycles. The van der Waals surface area contributed by atoms with Gasteiger partial charge in [0.1, 0.15) is 12.2 Å². The molecule has 0 saturated carbocycles. The molecular formula is C21H26N6O4. The van der Waals surface area contributed by atoms with Crippen molar-refractivity contribution in [3.63, 3.8) is 0 Å². The van der Waals surface area contributed by atoms with Gasteiger partial charge in [-0.25, -0.2) is 4.98 Å². The van der Waals surface area contributed by atoms with Crippen LogP contribution in [0, 0.1) is 0 Å². The average molecular weight is 426 g/mol. The van der Waals surface area contributed by atoms with Gasteiger partial charge in [0, 0.05) is 44.6 Å². The van der Waals surface area contributed by atoms with Crippen molar-refractivity contribution in [2.45, 2.75) is 19.9 Å². The lowest BCUT2D eigenvalue weighted by atomic mass is 10.2. The number of aliphatic carboxylic acids is 1. The number of carbonyl (C=O) groups excluding carboxylic acids is 2. The zero-order valence-electron chi connectivity index (χ0n) is 17.5. The van der Waals surface area contributed by atoms with E-state index in [1.165, 1.54) is 18.3 Å². The second-order valence-corrected chi connectivity index (χ2v) is 7.46. The van der Waals surface area contributed by atoms with Crippen molar-refractivity contribution in [3.05, 3.63) is 47.9 Å². The topological polar surface area (TPSA) is 128 Å². The van der Waals surface area contributed by atoms with Crippen molar-refractivity contribution in [2.75, 3.05) is 42.9 Å². The first-order chi connectivity index (χ1) is 14.8. The number of hydrogen-bond acceptors (Lipinski definition) is 7. The van der Waals surface area contributed by atoms with Crippen LogP contribution in [-0.4, -0.2) is 76.5 Å². The van der Waals surface area contributed by atoms with Gasteiger partial charge >= 0.3 is 5.97 Å². The van der Waals surface area contributed by atoms with Crippen LogP contribution >= 0.6 is 0 Å².